The molecule has 3 aromatic carbocycles. The highest BCUT2D eigenvalue weighted by atomic mass is 19.1. The fourth-order valence-electron chi connectivity index (χ4n) is 8.29. The van der Waals surface area contributed by atoms with Gasteiger partial charge in [-0.1, -0.05) is 42.5 Å². The molecule has 11 nitrogen and oxygen atoms in total. The number of carbonyl (C=O) groups excluding carboxylic acids is 2. The molecule has 2 atom stereocenters. The molecule has 2 amide bonds. The van der Waals surface area contributed by atoms with Gasteiger partial charge < -0.3 is 29.1 Å². The fourth-order valence-corrected chi connectivity index (χ4v) is 8.29. The molecule has 3 fully saturated rings. The van der Waals surface area contributed by atoms with E-state index in [4.69, 9.17) is 14.2 Å². The molecule has 278 valence electrons. The third-order valence-electron chi connectivity index (χ3n) is 11.4. The number of likely N-dealkylation sites (tertiary alicyclic amines) is 2. The zero-order valence-corrected chi connectivity index (χ0v) is 30.2. The maximum Gasteiger partial charge on any atom is 0.307 e. The van der Waals surface area contributed by atoms with Gasteiger partial charge in [-0.25, -0.2) is 9.40 Å². The number of carbonyl (C=O) groups is 3. The molecule has 2 N–H and O–H groups in total. The van der Waals surface area contributed by atoms with Gasteiger partial charge in [-0.3, -0.25) is 19.8 Å². The van der Waals surface area contributed by atoms with Crippen LogP contribution in [0.2, 0.25) is 0 Å². The van der Waals surface area contributed by atoms with Crippen molar-refractivity contribution in [2.75, 3.05) is 67.1 Å². The van der Waals surface area contributed by atoms with Crippen LogP contribution in [0, 0.1) is 11.7 Å². The summed E-state index contributed by atoms with van der Waals surface area (Å²) < 4.78 is 30.6. The van der Waals surface area contributed by atoms with Crippen LogP contribution < -0.4 is 19.6 Å². The van der Waals surface area contributed by atoms with Crippen LogP contribution >= 0.6 is 0 Å². The van der Waals surface area contributed by atoms with E-state index in [0.717, 1.165) is 24.1 Å². The van der Waals surface area contributed by atoms with E-state index >= 15 is 0 Å². The highest BCUT2D eigenvalue weighted by Crippen LogP contribution is 2.42. The van der Waals surface area contributed by atoms with Gasteiger partial charge in [0.05, 0.1) is 32.7 Å². The molecule has 3 heterocycles. The highest BCUT2D eigenvalue weighted by molar-refractivity contribution is 5.96. The van der Waals surface area contributed by atoms with Gasteiger partial charge in [-0.05, 0) is 93.6 Å². The number of ether oxygens (including phenoxy) is 3. The maximum atomic E-state index is 14.1. The smallest absolute Gasteiger partial charge is 0.307 e. The first-order valence-corrected chi connectivity index (χ1v) is 18.0. The van der Waals surface area contributed by atoms with E-state index in [1.807, 2.05) is 47.4 Å². The number of benzene rings is 3. The predicted molar refractivity (Wildman–Crippen MR) is 193 cm³/mol. The van der Waals surface area contributed by atoms with Crippen molar-refractivity contribution in [2.45, 2.75) is 49.4 Å². The second-order valence-electron chi connectivity index (χ2n) is 14.3. The standard InChI is InChI=1S/C40H49FN4O7/c1-50-33-24-29(25-34(51-2)35(33)52-3)36(46)44-23-16-39(27-44,30-11-13-32(41)14-12-30)15-20-43-21-17-40(18-22-43,31-9-5-4-6-10-31)38(49)42-45-19-7-8-28(26-45)37(47)48/h4-6,9-14,24-25,28H,7-8,15-23,26-27H2,1-3H3,(H,42,49)(H,47,48). The van der Waals surface area contributed by atoms with Crippen LogP contribution in [0.1, 0.15) is 60.0 Å². The third-order valence-corrected chi connectivity index (χ3v) is 11.4. The number of carboxylic acid groups (broad SMARTS) is 1. The lowest BCUT2D eigenvalue weighted by Crippen LogP contribution is -2.57. The lowest BCUT2D eigenvalue weighted by atomic mass is 9.71. The van der Waals surface area contributed by atoms with E-state index in [2.05, 4.69) is 10.3 Å². The van der Waals surface area contributed by atoms with Crippen LogP contribution in [-0.4, -0.2) is 105 Å². The van der Waals surface area contributed by atoms with Crippen molar-refractivity contribution in [1.29, 1.82) is 0 Å². The summed E-state index contributed by atoms with van der Waals surface area (Å²) in [4.78, 5) is 44.0. The fraction of sp³-hybridized carbons (Fsp3) is 0.475. The van der Waals surface area contributed by atoms with E-state index < -0.39 is 22.7 Å². The molecule has 0 radical (unpaired) electrons. The van der Waals surface area contributed by atoms with Gasteiger partial charge >= 0.3 is 5.97 Å². The van der Waals surface area contributed by atoms with Crippen LogP contribution in [-0.2, 0) is 20.4 Å². The number of piperidine rings is 2. The Hall–Kier alpha value is -4.68. The summed E-state index contributed by atoms with van der Waals surface area (Å²) in [5.74, 6) is -0.666. The molecule has 0 bridgehead atoms. The third kappa shape index (κ3) is 7.59. The molecule has 3 aliphatic rings. The molecular weight excluding hydrogens is 667 g/mol. The summed E-state index contributed by atoms with van der Waals surface area (Å²) >= 11 is 0. The number of aliphatic carboxylic acids is 1. The number of amides is 2. The topological polar surface area (TPSA) is 121 Å². The maximum absolute atomic E-state index is 14.1. The number of rotatable bonds is 12. The average molecular weight is 717 g/mol. The number of nitrogens with zero attached hydrogens (tertiary/aromatic N) is 3. The van der Waals surface area contributed by atoms with Gasteiger partial charge in [0.1, 0.15) is 5.82 Å². The Labute approximate surface area is 304 Å². The van der Waals surface area contributed by atoms with Gasteiger partial charge in [0, 0.05) is 37.2 Å². The lowest BCUT2D eigenvalue weighted by molar-refractivity contribution is -0.146. The number of methoxy groups -OCH3 is 3. The Morgan fingerprint density at radius 2 is 1.54 bits per heavy atom. The number of halogens is 1. The van der Waals surface area contributed by atoms with Crippen molar-refractivity contribution in [2.24, 2.45) is 5.92 Å². The Morgan fingerprint density at radius 1 is 0.865 bits per heavy atom. The van der Waals surface area contributed by atoms with Crippen LogP contribution in [0.4, 0.5) is 4.39 Å². The monoisotopic (exact) mass is 716 g/mol. The number of nitrogens with one attached hydrogen (secondary N) is 1. The summed E-state index contributed by atoms with van der Waals surface area (Å²) in [6.07, 6.45) is 3.99. The minimum Gasteiger partial charge on any atom is -0.493 e. The predicted octanol–water partition coefficient (Wildman–Crippen LogP) is 4.89. The van der Waals surface area contributed by atoms with Crippen LogP contribution in [0.25, 0.3) is 0 Å². The minimum atomic E-state index is -0.834. The minimum absolute atomic E-state index is 0.0936. The normalized spacial score (nSPS) is 22.1. The quantitative estimate of drug-likeness (QED) is 0.270. The summed E-state index contributed by atoms with van der Waals surface area (Å²) in [6, 6.07) is 19.8. The summed E-state index contributed by atoms with van der Waals surface area (Å²) in [7, 11) is 4.55. The van der Waals surface area contributed by atoms with E-state index in [1.165, 1.54) is 33.5 Å². The Kier molecular flexibility index (Phi) is 11.4. The van der Waals surface area contributed by atoms with Crippen molar-refractivity contribution >= 4 is 17.8 Å². The molecule has 3 saturated heterocycles. The van der Waals surface area contributed by atoms with Gasteiger partial charge in [0.15, 0.2) is 11.5 Å². The second kappa shape index (κ2) is 15.9. The zero-order chi connectivity index (χ0) is 36.9. The Balaban J connectivity index is 1.17. The van der Waals surface area contributed by atoms with Gasteiger partial charge in [0.25, 0.3) is 5.91 Å². The largest absolute Gasteiger partial charge is 0.493 e. The molecule has 0 spiro atoms. The van der Waals surface area contributed by atoms with Crippen molar-refractivity contribution in [3.63, 3.8) is 0 Å². The molecule has 52 heavy (non-hydrogen) atoms. The summed E-state index contributed by atoms with van der Waals surface area (Å²) in [6.45, 7) is 4.03. The molecule has 0 aliphatic carbocycles. The molecule has 6 rings (SSSR count). The van der Waals surface area contributed by atoms with E-state index in [-0.39, 0.29) is 17.6 Å². The highest BCUT2D eigenvalue weighted by Gasteiger charge is 2.46. The number of hydrogen-bond acceptors (Lipinski definition) is 8. The molecular formula is C40H49FN4O7. The van der Waals surface area contributed by atoms with Crippen molar-refractivity contribution < 1.29 is 38.1 Å². The van der Waals surface area contributed by atoms with Crippen molar-refractivity contribution in [3.8, 4) is 17.2 Å². The SMILES string of the molecule is COc1cc(C(=O)N2CCC(CCN3CCC(C(=O)NN4CCCC(C(=O)O)C4)(c4ccccc4)CC3)(c3ccc(F)cc3)C2)cc(OC)c1OC. The molecule has 2 unspecified atom stereocenters. The van der Waals surface area contributed by atoms with Crippen LogP contribution in [0.5, 0.6) is 17.2 Å². The van der Waals surface area contributed by atoms with Crippen LogP contribution in [0.15, 0.2) is 66.7 Å². The first kappa shape index (κ1) is 37.1. The second-order valence-corrected chi connectivity index (χ2v) is 14.3. The molecule has 0 saturated carbocycles. The molecule has 3 aromatic rings. The molecule has 12 heteroatoms. The Morgan fingerprint density at radius 3 is 2.15 bits per heavy atom. The number of hydrazine groups is 1. The van der Waals surface area contributed by atoms with Crippen molar-refractivity contribution in [1.82, 2.24) is 20.2 Å². The van der Waals surface area contributed by atoms with Gasteiger partial charge in [-0.15, -0.1) is 0 Å². The summed E-state index contributed by atoms with van der Waals surface area (Å²) in [5.41, 5.74) is 4.34. The number of hydrogen-bond donors (Lipinski definition) is 2. The Bertz CT molecular complexity index is 1710. The summed E-state index contributed by atoms with van der Waals surface area (Å²) in [5, 5.41) is 11.4. The first-order chi connectivity index (χ1) is 25.1. The lowest BCUT2D eigenvalue weighted by Gasteiger charge is -2.43. The first-order valence-electron chi connectivity index (χ1n) is 18.0. The van der Waals surface area contributed by atoms with Crippen LogP contribution in [0.3, 0.4) is 0 Å². The zero-order valence-electron chi connectivity index (χ0n) is 30.2. The average Bonchev–Trinajstić information content (AvgIpc) is 3.62. The molecule has 0 aromatic heterocycles. The number of carboxylic acids is 1. The van der Waals surface area contributed by atoms with Crippen molar-refractivity contribution in [3.05, 3.63) is 89.2 Å². The molecule has 3 aliphatic heterocycles. The van der Waals surface area contributed by atoms with E-state index in [0.29, 0.717) is 94.2 Å². The van der Waals surface area contributed by atoms with E-state index in [1.54, 1.807) is 17.1 Å². The van der Waals surface area contributed by atoms with E-state index in [9.17, 15) is 23.9 Å². The van der Waals surface area contributed by atoms with Gasteiger partial charge in [0.2, 0.25) is 11.7 Å². The van der Waals surface area contributed by atoms with Gasteiger partial charge in [-0.2, -0.15) is 0 Å².